The minimum Gasteiger partial charge on any atom is -0.325 e. The van der Waals surface area contributed by atoms with Crippen molar-refractivity contribution < 1.29 is 4.79 Å². The Hall–Kier alpha value is -3.38. The molecule has 10 heteroatoms. The van der Waals surface area contributed by atoms with Gasteiger partial charge in [0.2, 0.25) is 5.91 Å². The molecule has 0 spiro atoms. The van der Waals surface area contributed by atoms with Crippen LogP contribution >= 0.6 is 35.0 Å². The molecule has 0 saturated carbocycles. The van der Waals surface area contributed by atoms with Gasteiger partial charge in [-0.2, -0.15) is 5.26 Å². The molecular formula is C23H16Cl2N6OS. The van der Waals surface area contributed by atoms with Crippen LogP contribution in [0, 0.1) is 11.3 Å². The molecule has 0 aliphatic rings. The lowest BCUT2D eigenvalue weighted by Crippen LogP contribution is -2.22. The van der Waals surface area contributed by atoms with Crippen molar-refractivity contribution >= 4 is 46.6 Å². The number of carbonyl (C=O) groups excluding carboxylic acids is 1. The first-order chi connectivity index (χ1) is 16.0. The van der Waals surface area contributed by atoms with Crippen LogP contribution in [0.4, 0.5) is 5.69 Å². The number of anilines is 1. The summed E-state index contributed by atoms with van der Waals surface area (Å²) in [5.74, 6) is 0.372. The van der Waals surface area contributed by atoms with Gasteiger partial charge in [-0.25, -0.2) is 0 Å². The molecule has 0 fully saturated rings. The molecule has 7 nitrogen and oxygen atoms in total. The minimum atomic E-state index is -0.489. The maximum absolute atomic E-state index is 12.8. The Morgan fingerprint density at radius 3 is 2.45 bits per heavy atom. The van der Waals surface area contributed by atoms with Crippen LogP contribution in [0.1, 0.15) is 12.5 Å². The fourth-order valence-electron chi connectivity index (χ4n) is 2.97. The van der Waals surface area contributed by atoms with Gasteiger partial charge >= 0.3 is 0 Å². The summed E-state index contributed by atoms with van der Waals surface area (Å²) in [7, 11) is 0. The molecule has 0 unspecified atom stereocenters. The van der Waals surface area contributed by atoms with Crippen molar-refractivity contribution in [1.82, 2.24) is 19.7 Å². The summed E-state index contributed by atoms with van der Waals surface area (Å²) in [6.45, 7) is 1.78. The fourth-order valence-corrected chi connectivity index (χ4v) is 4.13. The highest BCUT2D eigenvalue weighted by atomic mass is 35.5. The van der Waals surface area contributed by atoms with Crippen LogP contribution in [0.15, 0.2) is 72.1 Å². The first-order valence-corrected chi connectivity index (χ1v) is 11.4. The zero-order valence-electron chi connectivity index (χ0n) is 17.2. The van der Waals surface area contributed by atoms with Gasteiger partial charge in [0.15, 0.2) is 11.0 Å². The van der Waals surface area contributed by atoms with Crippen molar-refractivity contribution in [1.29, 1.82) is 5.26 Å². The molecule has 1 atom stereocenters. The standard InChI is InChI=1S/C23H16Cl2N6OS/c1-14(22(32)28-17-4-2-15(13-26)3-5-17)33-23-30-29-21(16-8-10-27-11-9-16)31(23)18-6-7-19(24)20(25)12-18/h2-12,14H,1H3,(H,28,32)/t14-/m1/s1. The third-order valence-corrected chi connectivity index (χ3v) is 6.45. The van der Waals surface area contributed by atoms with E-state index >= 15 is 0 Å². The SMILES string of the molecule is C[C@@H](Sc1nnc(-c2ccncc2)n1-c1ccc(Cl)c(Cl)c1)C(=O)Nc1ccc(C#N)cc1. The van der Waals surface area contributed by atoms with Gasteiger partial charge in [-0.15, -0.1) is 10.2 Å². The summed E-state index contributed by atoms with van der Waals surface area (Å²) in [6.07, 6.45) is 3.34. The Kier molecular flexibility index (Phi) is 6.94. The molecule has 4 aromatic rings. The Labute approximate surface area is 204 Å². The molecule has 0 aliphatic carbocycles. The fraction of sp³-hybridized carbons (Fsp3) is 0.0870. The number of carbonyl (C=O) groups is 1. The lowest BCUT2D eigenvalue weighted by Gasteiger charge is -2.14. The van der Waals surface area contributed by atoms with Crippen LogP contribution in [0.3, 0.4) is 0 Å². The zero-order valence-corrected chi connectivity index (χ0v) is 19.6. The Bertz CT molecular complexity index is 1340. The van der Waals surface area contributed by atoms with E-state index in [1.165, 1.54) is 11.8 Å². The molecule has 0 aliphatic heterocycles. The monoisotopic (exact) mass is 494 g/mol. The van der Waals surface area contributed by atoms with Crippen molar-refractivity contribution in [2.75, 3.05) is 5.32 Å². The second kappa shape index (κ2) is 10.0. The predicted molar refractivity (Wildman–Crippen MR) is 130 cm³/mol. The Morgan fingerprint density at radius 2 is 1.79 bits per heavy atom. The zero-order chi connectivity index (χ0) is 23.4. The van der Waals surface area contributed by atoms with E-state index < -0.39 is 5.25 Å². The molecule has 4 rings (SSSR count). The summed E-state index contributed by atoms with van der Waals surface area (Å²) in [4.78, 5) is 16.8. The van der Waals surface area contributed by atoms with Gasteiger partial charge in [0.05, 0.1) is 32.6 Å². The summed E-state index contributed by atoms with van der Waals surface area (Å²) < 4.78 is 1.83. The lowest BCUT2D eigenvalue weighted by molar-refractivity contribution is -0.115. The number of aromatic nitrogens is 4. The van der Waals surface area contributed by atoms with Gasteiger partial charge in [-0.1, -0.05) is 35.0 Å². The lowest BCUT2D eigenvalue weighted by atomic mass is 10.2. The summed E-state index contributed by atoms with van der Waals surface area (Å²) in [6, 6.07) is 17.6. The normalized spacial score (nSPS) is 11.6. The van der Waals surface area contributed by atoms with E-state index in [0.29, 0.717) is 38.0 Å². The number of rotatable bonds is 6. The smallest absolute Gasteiger partial charge is 0.237 e. The average Bonchev–Trinajstić information content (AvgIpc) is 3.25. The maximum Gasteiger partial charge on any atom is 0.237 e. The van der Waals surface area contributed by atoms with Gasteiger partial charge in [-0.3, -0.25) is 14.3 Å². The van der Waals surface area contributed by atoms with Crippen LogP contribution < -0.4 is 5.32 Å². The van der Waals surface area contributed by atoms with Crippen LogP contribution in [0.25, 0.3) is 17.1 Å². The highest BCUT2D eigenvalue weighted by Gasteiger charge is 2.22. The largest absolute Gasteiger partial charge is 0.325 e. The molecule has 164 valence electrons. The summed E-state index contributed by atoms with van der Waals surface area (Å²) >= 11 is 13.6. The number of benzene rings is 2. The molecule has 0 radical (unpaired) electrons. The number of pyridine rings is 1. The average molecular weight is 495 g/mol. The number of amides is 1. The molecule has 33 heavy (non-hydrogen) atoms. The van der Waals surface area contributed by atoms with Gasteiger partial charge in [0.25, 0.3) is 0 Å². The van der Waals surface area contributed by atoms with Crippen LogP contribution in [0.5, 0.6) is 0 Å². The van der Waals surface area contributed by atoms with Crippen molar-refractivity contribution in [2.45, 2.75) is 17.3 Å². The van der Waals surface area contributed by atoms with Gasteiger partial charge in [-0.05, 0) is 61.5 Å². The quantitative estimate of drug-likeness (QED) is 0.349. The first kappa shape index (κ1) is 22.8. The first-order valence-electron chi connectivity index (χ1n) is 9.75. The van der Waals surface area contributed by atoms with Gasteiger partial charge < -0.3 is 5.32 Å². The van der Waals surface area contributed by atoms with Crippen LogP contribution in [0.2, 0.25) is 10.0 Å². The summed E-state index contributed by atoms with van der Waals surface area (Å²) in [5.41, 5.74) is 2.65. The van der Waals surface area contributed by atoms with E-state index in [1.807, 2.05) is 22.8 Å². The Balaban J connectivity index is 1.64. The number of hydrogen-bond acceptors (Lipinski definition) is 6. The van der Waals surface area contributed by atoms with Gasteiger partial charge in [0.1, 0.15) is 0 Å². The third-order valence-electron chi connectivity index (χ3n) is 4.67. The number of nitrogens with one attached hydrogen (secondary N) is 1. The third kappa shape index (κ3) is 5.17. The van der Waals surface area contributed by atoms with E-state index in [9.17, 15) is 4.79 Å². The molecule has 0 saturated heterocycles. The molecule has 1 N–H and O–H groups in total. The maximum atomic E-state index is 12.8. The predicted octanol–water partition coefficient (Wildman–Crippen LogP) is 5.63. The van der Waals surface area contributed by atoms with Gasteiger partial charge in [0, 0.05) is 23.6 Å². The molecule has 2 aromatic carbocycles. The van der Waals surface area contributed by atoms with E-state index in [0.717, 1.165) is 5.56 Å². The highest BCUT2D eigenvalue weighted by molar-refractivity contribution is 8.00. The molecule has 2 heterocycles. The molecule has 0 bridgehead atoms. The van der Waals surface area contributed by atoms with E-state index in [1.54, 1.807) is 55.7 Å². The highest BCUT2D eigenvalue weighted by Crippen LogP contribution is 2.33. The number of nitrogens with zero attached hydrogens (tertiary/aromatic N) is 5. The van der Waals surface area contributed by atoms with Crippen molar-refractivity contribution in [3.8, 4) is 23.1 Å². The van der Waals surface area contributed by atoms with E-state index in [4.69, 9.17) is 28.5 Å². The Morgan fingerprint density at radius 1 is 1.06 bits per heavy atom. The topological polar surface area (TPSA) is 96.5 Å². The van der Waals surface area contributed by atoms with Crippen LogP contribution in [-0.4, -0.2) is 30.9 Å². The van der Waals surface area contributed by atoms with Crippen LogP contribution in [-0.2, 0) is 4.79 Å². The molecule has 1 amide bonds. The number of nitriles is 1. The second-order valence-electron chi connectivity index (χ2n) is 6.91. The second-order valence-corrected chi connectivity index (χ2v) is 9.04. The molecule has 2 aromatic heterocycles. The van der Waals surface area contributed by atoms with Crippen molar-refractivity contribution in [3.05, 3.63) is 82.6 Å². The van der Waals surface area contributed by atoms with Crippen molar-refractivity contribution in [2.24, 2.45) is 0 Å². The van der Waals surface area contributed by atoms with Crippen molar-refractivity contribution in [3.63, 3.8) is 0 Å². The summed E-state index contributed by atoms with van der Waals surface area (Å²) in [5, 5.41) is 21.3. The minimum absolute atomic E-state index is 0.209. The van der Waals surface area contributed by atoms with E-state index in [-0.39, 0.29) is 5.91 Å². The van der Waals surface area contributed by atoms with E-state index in [2.05, 4.69) is 26.6 Å². The number of halogens is 2. The molecular weight excluding hydrogens is 479 g/mol. The number of hydrogen-bond donors (Lipinski definition) is 1. The number of thioether (sulfide) groups is 1.